The predicted octanol–water partition coefficient (Wildman–Crippen LogP) is 2.23. The average molecular weight is 262 g/mol. The van der Waals surface area contributed by atoms with Gasteiger partial charge < -0.3 is 10.2 Å². The number of thioether (sulfide) groups is 1. The monoisotopic (exact) mass is 262 g/mol. The smallest absolute Gasteiger partial charge is 0.253 e. The minimum absolute atomic E-state index is 0.164. The highest BCUT2D eigenvalue weighted by Gasteiger charge is 2.25. The highest BCUT2D eigenvalue weighted by atomic mass is 32.2. The Kier molecular flexibility index (Phi) is 3.20. The second kappa shape index (κ2) is 4.84. The molecule has 3 nitrogen and oxygen atoms in total. The predicted molar refractivity (Wildman–Crippen MR) is 76.5 cm³/mol. The Bertz CT molecular complexity index is 469. The zero-order valence-electron chi connectivity index (χ0n) is 10.6. The van der Waals surface area contributed by atoms with Crippen LogP contribution in [0.25, 0.3) is 0 Å². The van der Waals surface area contributed by atoms with Crippen LogP contribution in [0.3, 0.4) is 0 Å². The van der Waals surface area contributed by atoms with E-state index in [0.29, 0.717) is 6.04 Å². The molecule has 0 saturated carbocycles. The van der Waals surface area contributed by atoms with Crippen LogP contribution >= 0.6 is 11.8 Å². The molecule has 0 aliphatic carbocycles. The van der Waals surface area contributed by atoms with Crippen LogP contribution in [0.2, 0.25) is 0 Å². The van der Waals surface area contributed by atoms with E-state index in [1.807, 2.05) is 35.8 Å². The first-order valence-electron chi connectivity index (χ1n) is 6.47. The molecule has 0 aromatic heterocycles. The molecule has 0 radical (unpaired) electrons. The third-order valence-corrected chi connectivity index (χ3v) is 4.98. The Balaban J connectivity index is 1.79. The van der Waals surface area contributed by atoms with Gasteiger partial charge in [-0.3, -0.25) is 4.79 Å². The van der Waals surface area contributed by atoms with Crippen molar-refractivity contribution in [1.29, 1.82) is 0 Å². The van der Waals surface area contributed by atoms with Crippen LogP contribution in [0.4, 0.5) is 5.69 Å². The number of fused-ring (bicyclic) bond motifs is 1. The fourth-order valence-electron chi connectivity index (χ4n) is 2.63. The highest BCUT2D eigenvalue weighted by molar-refractivity contribution is 7.99. The van der Waals surface area contributed by atoms with E-state index in [1.165, 1.54) is 17.0 Å². The van der Waals surface area contributed by atoms with E-state index in [2.05, 4.69) is 11.4 Å². The third kappa shape index (κ3) is 2.09. The summed E-state index contributed by atoms with van der Waals surface area (Å²) in [6.45, 7) is 0.988. The van der Waals surface area contributed by atoms with Crippen molar-refractivity contribution in [3.8, 4) is 0 Å². The Morgan fingerprint density at radius 2 is 2.39 bits per heavy atom. The van der Waals surface area contributed by atoms with Crippen LogP contribution in [0.5, 0.6) is 0 Å². The molecule has 96 valence electrons. The third-order valence-electron chi connectivity index (χ3n) is 3.84. The molecule has 2 heterocycles. The number of anilines is 1. The van der Waals surface area contributed by atoms with E-state index in [1.54, 1.807) is 0 Å². The number of benzene rings is 1. The molecule has 18 heavy (non-hydrogen) atoms. The van der Waals surface area contributed by atoms with Gasteiger partial charge in [0.05, 0.1) is 0 Å². The van der Waals surface area contributed by atoms with Crippen molar-refractivity contribution in [3.05, 3.63) is 29.3 Å². The molecule has 1 unspecified atom stereocenters. The molecule has 1 amide bonds. The lowest BCUT2D eigenvalue weighted by Gasteiger charge is -2.24. The maximum Gasteiger partial charge on any atom is 0.253 e. The number of rotatable bonds is 2. The Morgan fingerprint density at radius 1 is 1.50 bits per heavy atom. The van der Waals surface area contributed by atoms with Gasteiger partial charge in [0, 0.05) is 36.6 Å². The van der Waals surface area contributed by atoms with E-state index in [9.17, 15) is 4.79 Å². The van der Waals surface area contributed by atoms with Gasteiger partial charge >= 0.3 is 0 Å². The molecule has 2 aliphatic rings. The zero-order valence-corrected chi connectivity index (χ0v) is 11.4. The van der Waals surface area contributed by atoms with Crippen molar-refractivity contribution < 1.29 is 4.79 Å². The SMILES string of the molecule is CN(C(=O)c1ccc2c(c1)CCN2)C1CCSC1. The number of nitrogens with one attached hydrogen (secondary N) is 1. The lowest BCUT2D eigenvalue weighted by molar-refractivity contribution is 0.0748. The summed E-state index contributed by atoms with van der Waals surface area (Å²) in [6.07, 6.45) is 2.15. The quantitative estimate of drug-likeness (QED) is 0.887. The van der Waals surface area contributed by atoms with E-state index in [-0.39, 0.29) is 5.91 Å². The number of hydrogen-bond acceptors (Lipinski definition) is 3. The number of nitrogens with zero attached hydrogens (tertiary/aromatic N) is 1. The van der Waals surface area contributed by atoms with Crippen molar-refractivity contribution in [2.24, 2.45) is 0 Å². The van der Waals surface area contributed by atoms with Gasteiger partial charge in [0.1, 0.15) is 0 Å². The summed E-state index contributed by atoms with van der Waals surface area (Å²) in [6, 6.07) is 6.44. The Hall–Kier alpha value is -1.16. The summed E-state index contributed by atoms with van der Waals surface area (Å²) in [5.41, 5.74) is 3.29. The van der Waals surface area contributed by atoms with Gasteiger partial charge in [-0.1, -0.05) is 0 Å². The highest BCUT2D eigenvalue weighted by Crippen LogP contribution is 2.26. The molecule has 1 aromatic carbocycles. The average Bonchev–Trinajstić information content (AvgIpc) is 3.06. The summed E-state index contributed by atoms with van der Waals surface area (Å²) >= 11 is 1.94. The van der Waals surface area contributed by atoms with Gasteiger partial charge in [0.2, 0.25) is 0 Å². The second-order valence-corrected chi connectivity index (χ2v) is 6.13. The summed E-state index contributed by atoms with van der Waals surface area (Å²) in [5, 5.41) is 3.32. The summed E-state index contributed by atoms with van der Waals surface area (Å²) in [7, 11) is 1.93. The van der Waals surface area contributed by atoms with Crippen molar-refractivity contribution in [1.82, 2.24) is 4.90 Å². The van der Waals surface area contributed by atoms with Crippen LogP contribution in [0.15, 0.2) is 18.2 Å². The maximum absolute atomic E-state index is 12.4. The van der Waals surface area contributed by atoms with Crippen molar-refractivity contribution in [2.75, 3.05) is 30.4 Å². The minimum atomic E-state index is 0.164. The normalized spacial score (nSPS) is 21.5. The van der Waals surface area contributed by atoms with Gasteiger partial charge in [-0.25, -0.2) is 0 Å². The van der Waals surface area contributed by atoms with Crippen molar-refractivity contribution in [2.45, 2.75) is 18.9 Å². The lowest BCUT2D eigenvalue weighted by atomic mass is 10.1. The molecule has 0 bridgehead atoms. The largest absolute Gasteiger partial charge is 0.384 e. The van der Waals surface area contributed by atoms with Crippen LogP contribution in [0.1, 0.15) is 22.3 Å². The fraction of sp³-hybridized carbons (Fsp3) is 0.500. The van der Waals surface area contributed by atoms with Crippen molar-refractivity contribution >= 4 is 23.4 Å². The van der Waals surface area contributed by atoms with Gasteiger partial charge in [-0.2, -0.15) is 11.8 Å². The molecule has 1 N–H and O–H groups in total. The number of amides is 1. The molecular weight excluding hydrogens is 244 g/mol. The summed E-state index contributed by atoms with van der Waals surface area (Å²) in [5.74, 6) is 2.42. The van der Waals surface area contributed by atoms with E-state index < -0.39 is 0 Å². The standard InChI is InChI=1S/C14H18N2OS/c1-16(12-5-7-18-9-12)14(17)11-2-3-13-10(8-11)4-6-15-13/h2-3,8,12,15H,4-7,9H2,1H3. The number of hydrogen-bond donors (Lipinski definition) is 1. The fourth-order valence-corrected chi connectivity index (χ4v) is 3.90. The molecule has 0 spiro atoms. The molecule has 1 fully saturated rings. The molecule has 1 atom stereocenters. The van der Waals surface area contributed by atoms with E-state index in [0.717, 1.165) is 30.7 Å². The van der Waals surface area contributed by atoms with Gasteiger partial charge in [0.25, 0.3) is 5.91 Å². The lowest BCUT2D eigenvalue weighted by Crippen LogP contribution is -2.36. The first-order chi connectivity index (χ1) is 8.75. The summed E-state index contributed by atoms with van der Waals surface area (Å²) < 4.78 is 0. The molecule has 4 heteroatoms. The van der Waals surface area contributed by atoms with Crippen LogP contribution < -0.4 is 5.32 Å². The Morgan fingerprint density at radius 3 is 3.17 bits per heavy atom. The number of carbonyl (C=O) groups is 1. The van der Waals surface area contributed by atoms with Gasteiger partial charge in [-0.15, -0.1) is 0 Å². The first-order valence-corrected chi connectivity index (χ1v) is 7.63. The van der Waals surface area contributed by atoms with Gasteiger partial charge in [-0.05, 0) is 42.4 Å². The molecule has 1 aromatic rings. The zero-order chi connectivity index (χ0) is 12.5. The number of carbonyl (C=O) groups excluding carboxylic acids is 1. The second-order valence-electron chi connectivity index (χ2n) is 4.98. The van der Waals surface area contributed by atoms with E-state index >= 15 is 0 Å². The topological polar surface area (TPSA) is 32.3 Å². The van der Waals surface area contributed by atoms with Crippen LogP contribution in [-0.2, 0) is 6.42 Å². The minimum Gasteiger partial charge on any atom is -0.384 e. The van der Waals surface area contributed by atoms with E-state index in [4.69, 9.17) is 0 Å². The molecule has 3 rings (SSSR count). The Labute approximate surface area is 112 Å². The summed E-state index contributed by atoms with van der Waals surface area (Å²) in [4.78, 5) is 14.3. The maximum atomic E-state index is 12.4. The van der Waals surface area contributed by atoms with Crippen LogP contribution in [-0.4, -0.2) is 41.9 Å². The van der Waals surface area contributed by atoms with Crippen LogP contribution in [0, 0.1) is 0 Å². The first kappa shape index (κ1) is 11.9. The molecule has 2 aliphatic heterocycles. The molecular formula is C14H18N2OS. The molecule has 1 saturated heterocycles. The van der Waals surface area contributed by atoms with Crippen molar-refractivity contribution in [3.63, 3.8) is 0 Å². The van der Waals surface area contributed by atoms with Gasteiger partial charge in [0.15, 0.2) is 0 Å².